The van der Waals surface area contributed by atoms with Crippen molar-refractivity contribution in [1.82, 2.24) is 0 Å². The van der Waals surface area contributed by atoms with E-state index in [9.17, 15) is 25.5 Å². The topological polar surface area (TPSA) is 129 Å². The summed E-state index contributed by atoms with van der Waals surface area (Å²) in [6.07, 6.45) is -5.69. The zero-order valence-corrected chi connectivity index (χ0v) is 14.3. The molecule has 8 atom stereocenters. The van der Waals surface area contributed by atoms with Gasteiger partial charge in [-0.2, -0.15) is 0 Å². The molecule has 4 aliphatic rings. The SMILES string of the molecule is CC12CCC(O)(CC1OC1OC(CO)C(O)C(O)C1O)C(C)(C)O2. The Kier molecular flexibility index (Phi) is 4.50. The van der Waals surface area contributed by atoms with E-state index in [0.717, 1.165) is 0 Å². The Morgan fingerprint density at radius 3 is 2.29 bits per heavy atom. The lowest BCUT2D eigenvalue weighted by atomic mass is 9.64. The highest BCUT2D eigenvalue weighted by Gasteiger charge is 2.63. The van der Waals surface area contributed by atoms with E-state index in [-0.39, 0.29) is 0 Å². The highest BCUT2D eigenvalue weighted by Crippen LogP contribution is 2.53. The summed E-state index contributed by atoms with van der Waals surface area (Å²) in [4.78, 5) is 0. The highest BCUT2D eigenvalue weighted by atomic mass is 16.7. The van der Waals surface area contributed by atoms with Crippen molar-refractivity contribution in [1.29, 1.82) is 0 Å². The molecule has 3 aliphatic heterocycles. The van der Waals surface area contributed by atoms with Crippen molar-refractivity contribution >= 4 is 0 Å². The zero-order valence-electron chi connectivity index (χ0n) is 14.3. The maximum Gasteiger partial charge on any atom is 0.187 e. The van der Waals surface area contributed by atoms with Crippen LogP contribution < -0.4 is 0 Å². The van der Waals surface area contributed by atoms with Gasteiger partial charge in [0.1, 0.15) is 24.4 Å². The van der Waals surface area contributed by atoms with Crippen molar-refractivity contribution in [3.05, 3.63) is 0 Å². The minimum Gasteiger partial charge on any atom is -0.394 e. The summed E-state index contributed by atoms with van der Waals surface area (Å²) >= 11 is 0. The molecule has 1 saturated carbocycles. The summed E-state index contributed by atoms with van der Waals surface area (Å²) in [6.45, 7) is 5.06. The Labute approximate surface area is 141 Å². The fourth-order valence-electron chi connectivity index (χ4n) is 4.12. The van der Waals surface area contributed by atoms with Gasteiger partial charge in [-0.05, 0) is 33.6 Å². The van der Waals surface area contributed by atoms with Crippen LogP contribution in [-0.2, 0) is 14.2 Å². The van der Waals surface area contributed by atoms with Crippen LogP contribution in [0.5, 0.6) is 0 Å². The molecule has 5 N–H and O–H groups in total. The minimum absolute atomic E-state index is 0.311. The molecule has 3 saturated heterocycles. The van der Waals surface area contributed by atoms with Crippen LogP contribution >= 0.6 is 0 Å². The standard InChI is InChI=1S/C16H28O8/c1-14(2)16(21)5-4-15(3,24-14)9(6-16)23-13-12(20)11(19)10(18)8(7-17)22-13/h8-13,17-21H,4-7H2,1-3H3. The van der Waals surface area contributed by atoms with Gasteiger partial charge in [0.15, 0.2) is 6.29 Å². The first-order valence-electron chi connectivity index (χ1n) is 8.41. The first-order valence-corrected chi connectivity index (χ1v) is 8.41. The molecule has 0 aromatic rings. The van der Waals surface area contributed by atoms with Gasteiger partial charge in [0.05, 0.1) is 29.5 Å². The first kappa shape index (κ1) is 18.5. The molecule has 2 bridgehead atoms. The molecule has 8 nitrogen and oxygen atoms in total. The molecule has 0 aromatic heterocycles. The molecule has 4 fully saturated rings. The molecular weight excluding hydrogens is 320 g/mol. The third-order valence-electron chi connectivity index (χ3n) is 5.99. The Balaban J connectivity index is 1.76. The summed E-state index contributed by atoms with van der Waals surface area (Å²) in [5.74, 6) is 0. The molecule has 0 radical (unpaired) electrons. The quantitative estimate of drug-likeness (QED) is 0.424. The second-order valence-corrected chi connectivity index (χ2v) is 7.98. The number of aliphatic hydroxyl groups is 5. The van der Waals surface area contributed by atoms with Crippen LogP contribution in [0.2, 0.25) is 0 Å². The van der Waals surface area contributed by atoms with E-state index in [1.54, 1.807) is 0 Å². The summed E-state index contributed by atoms with van der Waals surface area (Å²) in [6, 6.07) is 0. The number of rotatable bonds is 3. The number of hydrogen-bond donors (Lipinski definition) is 5. The van der Waals surface area contributed by atoms with Gasteiger partial charge in [0, 0.05) is 6.42 Å². The van der Waals surface area contributed by atoms with Crippen LogP contribution in [0.15, 0.2) is 0 Å². The van der Waals surface area contributed by atoms with Gasteiger partial charge in [0.2, 0.25) is 0 Å². The Hall–Kier alpha value is -0.320. The normalized spacial score (nSPS) is 54.0. The third-order valence-corrected chi connectivity index (χ3v) is 5.99. The van der Waals surface area contributed by atoms with Gasteiger partial charge in [-0.1, -0.05) is 0 Å². The van der Waals surface area contributed by atoms with Crippen molar-refractivity contribution in [2.75, 3.05) is 6.61 Å². The number of aliphatic hydroxyl groups excluding tert-OH is 4. The zero-order chi connectivity index (χ0) is 17.9. The monoisotopic (exact) mass is 348 g/mol. The maximum absolute atomic E-state index is 10.9. The lowest BCUT2D eigenvalue weighted by Gasteiger charge is -2.62. The average Bonchev–Trinajstić information content (AvgIpc) is 2.50. The van der Waals surface area contributed by atoms with Crippen molar-refractivity contribution in [3.8, 4) is 0 Å². The average molecular weight is 348 g/mol. The smallest absolute Gasteiger partial charge is 0.187 e. The largest absolute Gasteiger partial charge is 0.394 e. The van der Waals surface area contributed by atoms with E-state index in [1.807, 2.05) is 20.8 Å². The van der Waals surface area contributed by atoms with Crippen molar-refractivity contribution in [3.63, 3.8) is 0 Å². The maximum atomic E-state index is 10.9. The molecular formula is C16H28O8. The lowest BCUT2D eigenvalue weighted by molar-refractivity contribution is -0.377. The fraction of sp³-hybridized carbons (Fsp3) is 1.00. The predicted octanol–water partition coefficient (Wildman–Crippen LogP) is -1.35. The van der Waals surface area contributed by atoms with Gasteiger partial charge in [0.25, 0.3) is 0 Å². The van der Waals surface area contributed by atoms with Crippen LogP contribution in [-0.4, -0.2) is 85.8 Å². The van der Waals surface area contributed by atoms with E-state index >= 15 is 0 Å². The van der Waals surface area contributed by atoms with Gasteiger partial charge >= 0.3 is 0 Å². The second kappa shape index (κ2) is 5.85. The molecule has 3 heterocycles. The number of ether oxygens (including phenoxy) is 3. The number of fused-ring (bicyclic) bond motifs is 3. The van der Waals surface area contributed by atoms with Crippen molar-refractivity contribution in [2.45, 2.75) is 93.6 Å². The predicted molar refractivity (Wildman–Crippen MR) is 81.0 cm³/mol. The summed E-state index contributed by atoms with van der Waals surface area (Å²) in [5, 5.41) is 50.0. The fourth-order valence-corrected chi connectivity index (χ4v) is 4.12. The van der Waals surface area contributed by atoms with Crippen LogP contribution in [0, 0.1) is 0 Å². The van der Waals surface area contributed by atoms with Crippen LogP contribution in [0.3, 0.4) is 0 Å². The first-order chi connectivity index (χ1) is 11.0. The van der Waals surface area contributed by atoms with Crippen LogP contribution in [0.25, 0.3) is 0 Å². The lowest BCUT2D eigenvalue weighted by Crippen LogP contribution is -2.72. The molecule has 4 rings (SSSR count). The highest BCUT2D eigenvalue weighted by molar-refractivity contribution is 5.12. The molecule has 24 heavy (non-hydrogen) atoms. The van der Waals surface area contributed by atoms with Crippen molar-refractivity contribution in [2.24, 2.45) is 0 Å². The molecule has 8 unspecified atom stereocenters. The molecule has 1 aliphatic carbocycles. The number of hydrogen-bond acceptors (Lipinski definition) is 8. The summed E-state index contributed by atoms with van der Waals surface area (Å²) in [7, 11) is 0. The van der Waals surface area contributed by atoms with E-state index < -0.39 is 60.2 Å². The summed E-state index contributed by atoms with van der Waals surface area (Å²) < 4.78 is 17.3. The van der Waals surface area contributed by atoms with Gasteiger partial charge < -0.3 is 39.7 Å². The molecule has 0 spiro atoms. The third kappa shape index (κ3) is 2.69. The van der Waals surface area contributed by atoms with Gasteiger partial charge in [-0.25, -0.2) is 0 Å². The Morgan fingerprint density at radius 1 is 1.04 bits per heavy atom. The van der Waals surface area contributed by atoms with Crippen LogP contribution in [0.1, 0.15) is 40.0 Å². The molecule has 0 amide bonds. The van der Waals surface area contributed by atoms with E-state index in [2.05, 4.69) is 0 Å². The van der Waals surface area contributed by atoms with Gasteiger partial charge in [-0.3, -0.25) is 0 Å². The van der Waals surface area contributed by atoms with Crippen molar-refractivity contribution < 1.29 is 39.7 Å². The Bertz CT molecular complexity index is 483. The summed E-state index contributed by atoms with van der Waals surface area (Å²) in [5.41, 5.74) is -2.43. The molecule has 140 valence electrons. The van der Waals surface area contributed by atoms with E-state index in [0.29, 0.717) is 19.3 Å². The van der Waals surface area contributed by atoms with Gasteiger partial charge in [-0.15, -0.1) is 0 Å². The Morgan fingerprint density at radius 2 is 1.71 bits per heavy atom. The van der Waals surface area contributed by atoms with E-state index in [1.165, 1.54) is 0 Å². The molecule has 0 aromatic carbocycles. The van der Waals surface area contributed by atoms with Crippen LogP contribution in [0.4, 0.5) is 0 Å². The second-order valence-electron chi connectivity index (χ2n) is 7.98. The minimum atomic E-state index is -1.49. The van der Waals surface area contributed by atoms with E-state index in [4.69, 9.17) is 14.2 Å². The molecule has 8 heteroatoms.